The molecular formula is C26H21ClN8O8. The molecule has 5 rings (SSSR count). The number of amides is 1. The number of fused-ring (bicyclic) bond motifs is 1. The SMILES string of the molecule is O=C(N=Nc1c(O)n(CN2CCN(c3ccc([N+](=O)[O-])cc3)CC2)c2ccc(Cl)cc12)c1cc([N+](=O)[O-])cc([N+](=O)[O-])c1. The summed E-state index contributed by atoms with van der Waals surface area (Å²) in [5.41, 5.74) is -0.395. The van der Waals surface area contributed by atoms with Gasteiger partial charge in [0, 0.05) is 66.5 Å². The van der Waals surface area contributed by atoms with Gasteiger partial charge in [-0.25, -0.2) is 0 Å². The van der Waals surface area contributed by atoms with Gasteiger partial charge in [0.15, 0.2) is 5.69 Å². The van der Waals surface area contributed by atoms with Crippen molar-refractivity contribution in [3.05, 3.63) is 102 Å². The fourth-order valence-electron chi connectivity index (χ4n) is 4.75. The average Bonchev–Trinajstić information content (AvgIpc) is 3.25. The fraction of sp³-hybridized carbons (Fsp3) is 0.192. The van der Waals surface area contributed by atoms with Crippen molar-refractivity contribution in [3.8, 4) is 5.88 Å². The first-order valence-corrected chi connectivity index (χ1v) is 13.0. The van der Waals surface area contributed by atoms with Crippen LogP contribution in [0.5, 0.6) is 5.88 Å². The summed E-state index contributed by atoms with van der Waals surface area (Å²) in [7, 11) is 0. The van der Waals surface area contributed by atoms with Crippen molar-refractivity contribution in [2.45, 2.75) is 6.67 Å². The minimum atomic E-state index is -1.09. The Morgan fingerprint density at radius 1 is 0.837 bits per heavy atom. The van der Waals surface area contributed by atoms with E-state index in [9.17, 15) is 40.2 Å². The summed E-state index contributed by atoms with van der Waals surface area (Å²) >= 11 is 6.19. The van der Waals surface area contributed by atoms with Gasteiger partial charge in [-0.1, -0.05) is 11.6 Å². The highest BCUT2D eigenvalue weighted by Gasteiger charge is 2.24. The van der Waals surface area contributed by atoms with Crippen molar-refractivity contribution in [1.29, 1.82) is 0 Å². The summed E-state index contributed by atoms with van der Waals surface area (Å²) in [6, 6.07) is 13.6. The number of aromatic hydroxyl groups is 1. The number of piperazine rings is 1. The molecule has 4 aromatic rings. The first kappa shape index (κ1) is 29.0. The summed E-state index contributed by atoms with van der Waals surface area (Å²) in [5.74, 6) is -1.40. The molecule has 0 atom stereocenters. The standard InChI is InChI=1S/C26H21ClN8O8/c27-17-1-6-23-22(13-17)24(28-29-25(36)16-11-20(34(40)41)14-21(12-16)35(42)43)26(37)32(23)15-30-7-9-31(10-8-30)18-2-4-19(5-3-18)33(38)39/h1-6,11-14,37H,7-10,15H2. The lowest BCUT2D eigenvalue weighted by Gasteiger charge is -2.36. The van der Waals surface area contributed by atoms with E-state index in [0.717, 1.165) is 23.9 Å². The molecule has 1 N–H and O–H groups in total. The number of rotatable bonds is 8. The molecular weight excluding hydrogens is 588 g/mol. The Morgan fingerprint density at radius 2 is 1.44 bits per heavy atom. The highest BCUT2D eigenvalue weighted by atomic mass is 35.5. The molecule has 1 aliphatic heterocycles. The first-order valence-electron chi connectivity index (χ1n) is 12.6. The number of azo groups is 1. The summed E-state index contributed by atoms with van der Waals surface area (Å²) in [6.45, 7) is 2.70. The van der Waals surface area contributed by atoms with Gasteiger partial charge in [0.05, 0.1) is 38.6 Å². The predicted molar refractivity (Wildman–Crippen MR) is 154 cm³/mol. The summed E-state index contributed by atoms with van der Waals surface area (Å²) in [6.07, 6.45) is 0. The molecule has 0 radical (unpaired) electrons. The smallest absolute Gasteiger partial charge is 0.295 e. The lowest BCUT2D eigenvalue weighted by molar-refractivity contribution is -0.394. The molecule has 1 amide bonds. The number of benzene rings is 3. The topological polar surface area (TPSA) is 203 Å². The van der Waals surface area contributed by atoms with Crippen molar-refractivity contribution in [2.75, 3.05) is 31.1 Å². The number of nitrogens with zero attached hydrogens (tertiary/aromatic N) is 8. The minimum absolute atomic E-state index is 0.0125. The Labute approximate surface area is 246 Å². The third-order valence-electron chi connectivity index (χ3n) is 6.92. The molecule has 2 heterocycles. The van der Waals surface area contributed by atoms with Crippen molar-refractivity contribution < 1.29 is 24.7 Å². The van der Waals surface area contributed by atoms with E-state index in [2.05, 4.69) is 20.0 Å². The van der Waals surface area contributed by atoms with E-state index in [4.69, 9.17) is 11.6 Å². The number of nitro benzene ring substituents is 3. The van der Waals surface area contributed by atoms with Gasteiger partial charge in [-0.2, -0.15) is 0 Å². The lowest BCUT2D eigenvalue weighted by atomic mass is 10.1. The van der Waals surface area contributed by atoms with Crippen molar-refractivity contribution in [1.82, 2.24) is 9.47 Å². The zero-order valence-corrected chi connectivity index (χ0v) is 22.8. The van der Waals surface area contributed by atoms with Crippen LogP contribution in [-0.4, -0.2) is 61.4 Å². The molecule has 16 nitrogen and oxygen atoms in total. The van der Waals surface area contributed by atoms with E-state index >= 15 is 0 Å². The predicted octanol–water partition coefficient (Wildman–Crippen LogP) is 5.43. The minimum Gasteiger partial charge on any atom is -0.493 e. The number of nitro groups is 3. The van der Waals surface area contributed by atoms with Crippen LogP contribution in [0.4, 0.5) is 28.4 Å². The number of halogens is 1. The van der Waals surface area contributed by atoms with Crippen LogP contribution in [0, 0.1) is 30.3 Å². The van der Waals surface area contributed by atoms with E-state index in [1.54, 1.807) is 28.8 Å². The van der Waals surface area contributed by atoms with Gasteiger partial charge in [-0.05, 0) is 30.3 Å². The molecule has 1 aromatic heterocycles. The Morgan fingerprint density at radius 3 is 2.02 bits per heavy atom. The van der Waals surface area contributed by atoms with Crippen LogP contribution in [0.2, 0.25) is 5.02 Å². The first-order chi connectivity index (χ1) is 20.5. The molecule has 0 bridgehead atoms. The van der Waals surface area contributed by atoms with E-state index in [0.29, 0.717) is 42.1 Å². The number of hydrogen-bond acceptors (Lipinski definition) is 11. The number of non-ortho nitro benzene ring substituents is 3. The summed E-state index contributed by atoms with van der Waals surface area (Å²) in [5, 5.41) is 52.7. The number of carbonyl (C=O) groups excluding carboxylic acids is 1. The molecule has 1 aliphatic rings. The molecule has 0 spiro atoms. The van der Waals surface area contributed by atoms with E-state index in [-0.39, 0.29) is 23.9 Å². The summed E-state index contributed by atoms with van der Waals surface area (Å²) in [4.78, 5) is 48.0. The molecule has 1 fully saturated rings. The van der Waals surface area contributed by atoms with Crippen LogP contribution in [0.25, 0.3) is 10.9 Å². The highest BCUT2D eigenvalue weighted by Crippen LogP contribution is 2.40. The Balaban J connectivity index is 1.37. The van der Waals surface area contributed by atoms with Crippen molar-refractivity contribution >= 4 is 56.8 Å². The van der Waals surface area contributed by atoms with Crippen molar-refractivity contribution in [3.63, 3.8) is 0 Å². The zero-order chi connectivity index (χ0) is 30.8. The maximum Gasteiger partial charge on any atom is 0.295 e. The monoisotopic (exact) mass is 608 g/mol. The average molecular weight is 609 g/mol. The van der Waals surface area contributed by atoms with Gasteiger partial charge < -0.3 is 10.0 Å². The van der Waals surface area contributed by atoms with Gasteiger partial charge in [-0.15, -0.1) is 10.2 Å². The van der Waals surface area contributed by atoms with Crippen LogP contribution in [0.15, 0.2) is 70.9 Å². The Hall–Kier alpha value is -5.48. The third-order valence-corrected chi connectivity index (χ3v) is 7.16. The maximum atomic E-state index is 12.7. The van der Waals surface area contributed by atoms with Crippen molar-refractivity contribution in [2.24, 2.45) is 10.2 Å². The normalized spacial score (nSPS) is 13.9. The van der Waals surface area contributed by atoms with Crippen LogP contribution >= 0.6 is 11.6 Å². The number of anilines is 1. The van der Waals surface area contributed by atoms with E-state index in [1.165, 1.54) is 18.2 Å². The van der Waals surface area contributed by atoms with Crippen LogP contribution in [0.3, 0.4) is 0 Å². The quantitative estimate of drug-likeness (QED) is 0.152. The van der Waals surface area contributed by atoms with E-state index < -0.39 is 37.6 Å². The van der Waals surface area contributed by atoms with Gasteiger partial charge in [0.25, 0.3) is 23.0 Å². The molecule has 43 heavy (non-hydrogen) atoms. The lowest BCUT2D eigenvalue weighted by Crippen LogP contribution is -2.46. The zero-order valence-electron chi connectivity index (χ0n) is 22.1. The van der Waals surface area contributed by atoms with Crippen LogP contribution < -0.4 is 4.90 Å². The molecule has 1 saturated heterocycles. The van der Waals surface area contributed by atoms with Gasteiger partial charge >= 0.3 is 0 Å². The summed E-state index contributed by atoms with van der Waals surface area (Å²) < 4.78 is 1.57. The highest BCUT2D eigenvalue weighted by molar-refractivity contribution is 6.31. The fourth-order valence-corrected chi connectivity index (χ4v) is 4.92. The molecule has 0 saturated carbocycles. The third kappa shape index (κ3) is 6.09. The van der Waals surface area contributed by atoms with E-state index in [1.807, 2.05) is 0 Å². The van der Waals surface area contributed by atoms with Crippen LogP contribution in [-0.2, 0) is 6.67 Å². The Bertz CT molecular complexity index is 1770. The largest absolute Gasteiger partial charge is 0.493 e. The molecule has 17 heteroatoms. The second kappa shape index (κ2) is 11.8. The molecule has 0 aliphatic carbocycles. The number of hydrogen-bond donors (Lipinski definition) is 1. The van der Waals surface area contributed by atoms with Crippen LogP contribution in [0.1, 0.15) is 10.4 Å². The van der Waals surface area contributed by atoms with Gasteiger partial charge in [0.2, 0.25) is 5.88 Å². The number of carbonyl (C=O) groups is 1. The molecule has 3 aromatic carbocycles. The number of aromatic nitrogens is 1. The second-order valence-corrected chi connectivity index (χ2v) is 9.98. The van der Waals surface area contributed by atoms with Gasteiger partial charge in [0.1, 0.15) is 0 Å². The maximum absolute atomic E-state index is 12.7. The molecule has 0 unspecified atom stereocenters. The molecule has 220 valence electrons. The second-order valence-electron chi connectivity index (χ2n) is 9.54. The van der Waals surface area contributed by atoms with Gasteiger partial charge in [-0.3, -0.25) is 44.6 Å². The Kier molecular flexibility index (Phi) is 7.96.